The van der Waals surface area contributed by atoms with Gasteiger partial charge in [0, 0.05) is 24.7 Å². The summed E-state index contributed by atoms with van der Waals surface area (Å²) in [7, 11) is 0. The molecule has 2 atom stereocenters. The number of hydrogen-bond acceptors (Lipinski definition) is 2. The highest BCUT2D eigenvalue weighted by Crippen LogP contribution is 2.26. The molecule has 0 radical (unpaired) electrons. The summed E-state index contributed by atoms with van der Waals surface area (Å²) in [4.78, 5) is 2.35. The van der Waals surface area contributed by atoms with E-state index in [1.54, 1.807) is 6.07 Å². The summed E-state index contributed by atoms with van der Waals surface area (Å²) in [5.41, 5.74) is 0.715. The van der Waals surface area contributed by atoms with Gasteiger partial charge in [0.2, 0.25) is 0 Å². The molecule has 19 heavy (non-hydrogen) atoms. The molecule has 2 heterocycles. The van der Waals surface area contributed by atoms with Gasteiger partial charge in [-0.1, -0.05) is 23.7 Å². The van der Waals surface area contributed by atoms with E-state index in [-0.39, 0.29) is 23.2 Å². The van der Waals surface area contributed by atoms with E-state index in [2.05, 4.69) is 10.2 Å². The fraction of sp³-hybridized carbons (Fsp3) is 0.571. The van der Waals surface area contributed by atoms with Gasteiger partial charge in [0.25, 0.3) is 0 Å². The van der Waals surface area contributed by atoms with Gasteiger partial charge in [-0.25, -0.2) is 4.39 Å². The van der Waals surface area contributed by atoms with E-state index in [1.807, 2.05) is 12.1 Å². The van der Waals surface area contributed by atoms with E-state index in [0.29, 0.717) is 18.2 Å². The van der Waals surface area contributed by atoms with Crippen LogP contribution in [0.5, 0.6) is 0 Å². The van der Waals surface area contributed by atoms with E-state index in [4.69, 9.17) is 11.6 Å². The quantitative estimate of drug-likeness (QED) is 0.903. The van der Waals surface area contributed by atoms with Crippen molar-refractivity contribution in [1.29, 1.82) is 0 Å². The van der Waals surface area contributed by atoms with Gasteiger partial charge in [-0.3, -0.25) is 4.90 Å². The summed E-state index contributed by atoms with van der Waals surface area (Å²) in [5.74, 6) is 0.479. The van der Waals surface area contributed by atoms with Crippen molar-refractivity contribution in [3.8, 4) is 0 Å². The lowest BCUT2D eigenvalue weighted by Gasteiger charge is -2.34. The molecule has 2 unspecified atom stereocenters. The number of hydrogen-bond donors (Lipinski definition) is 1. The Kier molecular flexibility index (Phi) is 5.07. The lowest BCUT2D eigenvalue weighted by atomic mass is 9.93. The third-order valence-electron chi connectivity index (χ3n) is 4.17. The Hall–Kier alpha value is -0.350. The van der Waals surface area contributed by atoms with Crippen molar-refractivity contribution < 1.29 is 4.39 Å². The first kappa shape index (κ1) is 15.0. The molecule has 0 aromatic heterocycles. The van der Waals surface area contributed by atoms with Gasteiger partial charge >= 0.3 is 0 Å². The molecular formula is C14H19Cl2FN2. The van der Waals surface area contributed by atoms with Crippen LogP contribution in [0.25, 0.3) is 0 Å². The number of piperidine rings is 1. The maximum atomic E-state index is 13.9. The van der Waals surface area contributed by atoms with Crippen LogP contribution in [0.1, 0.15) is 18.4 Å². The molecule has 1 aromatic rings. The van der Waals surface area contributed by atoms with Crippen LogP contribution < -0.4 is 5.32 Å². The first-order chi connectivity index (χ1) is 8.74. The van der Waals surface area contributed by atoms with Crippen molar-refractivity contribution in [3.63, 3.8) is 0 Å². The Morgan fingerprint density at radius 1 is 1.37 bits per heavy atom. The average Bonchev–Trinajstić information content (AvgIpc) is 2.82. The van der Waals surface area contributed by atoms with Crippen LogP contribution in [0, 0.1) is 11.7 Å². The lowest BCUT2D eigenvalue weighted by Crippen LogP contribution is -2.44. The largest absolute Gasteiger partial charge is 0.314 e. The molecule has 0 saturated carbocycles. The highest BCUT2D eigenvalue weighted by molar-refractivity contribution is 6.30. The third-order valence-corrected chi connectivity index (χ3v) is 4.46. The molecule has 2 fully saturated rings. The molecule has 2 aliphatic heterocycles. The van der Waals surface area contributed by atoms with Gasteiger partial charge in [0.1, 0.15) is 5.82 Å². The minimum Gasteiger partial charge on any atom is -0.314 e. The topological polar surface area (TPSA) is 15.3 Å². The minimum absolute atomic E-state index is 0. The molecule has 2 aliphatic rings. The van der Waals surface area contributed by atoms with Crippen LogP contribution in [0.15, 0.2) is 18.2 Å². The average molecular weight is 305 g/mol. The normalized spacial score (nSPS) is 26.8. The van der Waals surface area contributed by atoms with E-state index in [1.165, 1.54) is 12.8 Å². The fourth-order valence-corrected chi connectivity index (χ4v) is 3.37. The predicted octanol–water partition coefficient (Wildman–Crippen LogP) is 3.08. The molecule has 2 saturated heterocycles. The van der Waals surface area contributed by atoms with Crippen LogP contribution in [0.4, 0.5) is 4.39 Å². The Balaban J connectivity index is 0.00000133. The van der Waals surface area contributed by atoms with Crippen LogP contribution in [0.2, 0.25) is 5.02 Å². The number of rotatable bonds is 2. The summed E-state index contributed by atoms with van der Waals surface area (Å²) in [6.07, 6.45) is 2.42. The third kappa shape index (κ3) is 3.22. The molecule has 106 valence electrons. The van der Waals surface area contributed by atoms with Crippen LogP contribution in [-0.4, -0.2) is 30.6 Å². The van der Waals surface area contributed by atoms with E-state index >= 15 is 0 Å². The lowest BCUT2D eigenvalue weighted by molar-refractivity contribution is 0.154. The molecule has 5 heteroatoms. The Labute approximate surface area is 124 Å². The van der Waals surface area contributed by atoms with Gasteiger partial charge in [0.05, 0.1) is 5.02 Å². The zero-order chi connectivity index (χ0) is 12.5. The van der Waals surface area contributed by atoms with Crippen LogP contribution in [0.3, 0.4) is 0 Å². The predicted molar refractivity (Wildman–Crippen MR) is 78.4 cm³/mol. The standard InChI is InChI=1S/C14H18ClFN2.ClH/c15-12-3-1-2-11(14(12)16)9-18-7-5-13-10(8-18)4-6-17-13;/h1-3,10,13,17H,4-9H2;1H. The Morgan fingerprint density at radius 2 is 2.21 bits per heavy atom. The van der Waals surface area contributed by atoms with Gasteiger partial charge in [-0.2, -0.15) is 0 Å². The summed E-state index contributed by atoms with van der Waals surface area (Å²) in [6.45, 7) is 3.92. The Morgan fingerprint density at radius 3 is 3.05 bits per heavy atom. The smallest absolute Gasteiger partial charge is 0.146 e. The van der Waals surface area contributed by atoms with Gasteiger partial charge < -0.3 is 5.32 Å². The number of fused-ring (bicyclic) bond motifs is 1. The summed E-state index contributed by atoms with van der Waals surface area (Å²) in [6, 6.07) is 5.95. The maximum absolute atomic E-state index is 13.9. The zero-order valence-corrected chi connectivity index (χ0v) is 12.3. The zero-order valence-electron chi connectivity index (χ0n) is 10.7. The fourth-order valence-electron chi connectivity index (χ4n) is 3.18. The molecule has 0 spiro atoms. The highest BCUT2D eigenvalue weighted by atomic mass is 35.5. The van der Waals surface area contributed by atoms with Crippen molar-refractivity contribution in [2.24, 2.45) is 5.92 Å². The number of benzene rings is 1. The number of nitrogens with one attached hydrogen (secondary N) is 1. The maximum Gasteiger partial charge on any atom is 0.146 e. The second kappa shape index (κ2) is 6.40. The number of likely N-dealkylation sites (tertiary alicyclic amines) is 1. The van der Waals surface area contributed by atoms with Gasteiger partial charge in [-0.05, 0) is 37.9 Å². The molecule has 1 aromatic carbocycles. The molecule has 1 N–H and O–H groups in total. The minimum atomic E-state index is -0.258. The summed E-state index contributed by atoms with van der Waals surface area (Å²) >= 11 is 5.82. The Bertz CT molecular complexity index is 441. The van der Waals surface area contributed by atoms with Gasteiger partial charge in [-0.15, -0.1) is 12.4 Å². The number of halogens is 3. The van der Waals surface area contributed by atoms with Crippen molar-refractivity contribution in [1.82, 2.24) is 10.2 Å². The first-order valence-corrected chi connectivity index (χ1v) is 7.00. The van der Waals surface area contributed by atoms with Crippen LogP contribution in [-0.2, 0) is 6.54 Å². The molecule has 2 nitrogen and oxygen atoms in total. The molecule has 3 rings (SSSR count). The van der Waals surface area contributed by atoms with Crippen molar-refractivity contribution >= 4 is 24.0 Å². The highest BCUT2D eigenvalue weighted by Gasteiger charge is 2.32. The molecule has 0 aliphatic carbocycles. The van der Waals surface area contributed by atoms with Gasteiger partial charge in [0.15, 0.2) is 0 Å². The van der Waals surface area contributed by atoms with E-state index in [0.717, 1.165) is 25.6 Å². The summed E-state index contributed by atoms with van der Waals surface area (Å²) < 4.78 is 13.9. The van der Waals surface area contributed by atoms with E-state index in [9.17, 15) is 4.39 Å². The number of nitrogens with zero attached hydrogens (tertiary/aromatic N) is 1. The molecule has 0 amide bonds. The van der Waals surface area contributed by atoms with Crippen molar-refractivity contribution in [2.75, 3.05) is 19.6 Å². The monoisotopic (exact) mass is 304 g/mol. The second-order valence-electron chi connectivity index (χ2n) is 5.35. The molecule has 0 bridgehead atoms. The molecular weight excluding hydrogens is 286 g/mol. The van der Waals surface area contributed by atoms with E-state index < -0.39 is 0 Å². The van der Waals surface area contributed by atoms with Crippen molar-refractivity contribution in [3.05, 3.63) is 34.6 Å². The SMILES string of the molecule is Cl.Fc1c(Cl)cccc1CN1CCC2NCCC2C1. The first-order valence-electron chi connectivity index (χ1n) is 6.62. The second-order valence-corrected chi connectivity index (χ2v) is 5.75. The van der Waals surface area contributed by atoms with Crippen LogP contribution >= 0.6 is 24.0 Å². The van der Waals surface area contributed by atoms with Crippen molar-refractivity contribution in [2.45, 2.75) is 25.4 Å². The summed E-state index contributed by atoms with van der Waals surface area (Å²) in [5, 5.41) is 3.77.